The van der Waals surface area contributed by atoms with Crippen molar-refractivity contribution in [3.63, 3.8) is 0 Å². The summed E-state index contributed by atoms with van der Waals surface area (Å²) in [6, 6.07) is 8.58. The predicted octanol–water partition coefficient (Wildman–Crippen LogP) is 3.00. The van der Waals surface area contributed by atoms with Crippen molar-refractivity contribution >= 4 is 0 Å². The molecule has 0 amide bonds. The minimum Gasteiger partial charge on any atom is -0.469 e. The highest BCUT2D eigenvalue weighted by atomic mass is 16.3. The van der Waals surface area contributed by atoms with E-state index >= 15 is 0 Å². The molecule has 3 nitrogen and oxygen atoms in total. The molecule has 0 aliphatic rings. The second-order valence-electron chi connectivity index (χ2n) is 4.58. The molecule has 2 atom stereocenters. The molecule has 0 spiro atoms. The van der Waals surface area contributed by atoms with E-state index in [9.17, 15) is 0 Å². The summed E-state index contributed by atoms with van der Waals surface area (Å²) >= 11 is 0. The van der Waals surface area contributed by atoms with E-state index in [4.69, 9.17) is 4.42 Å². The van der Waals surface area contributed by atoms with Crippen LogP contribution in [0.4, 0.5) is 0 Å². The van der Waals surface area contributed by atoms with Gasteiger partial charge in [-0.2, -0.15) is 0 Å². The van der Waals surface area contributed by atoms with Crippen LogP contribution in [0.15, 0.2) is 47.3 Å². The highest BCUT2D eigenvalue weighted by molar-refractivity contribution is 5.17. The lowest BCUT2D eigenvalue weighted by atomic mass is 9.91. The first-order valence-corrected chi connectivity index (χ1v) is 6.41. The number of pyridine rings is 1. The molecule has 96 valence electrons. The Morgan fingerprint density at radius 1 is 1.28 bits per heavy atom. The summed E-state index contributed by atoms with van der Waals surface area (Å²) in [6.45, 7) is 2.25. The minimum atomic E-state index is 0.442. The van der Waals surface area contributed by atoms with Crippen molar-refractivity contribution in [3.8, 4) is 0 Å². The smallest absolute Gasteiger partial charge is 0.103 e. The van der Waals surface area contributed by atoms with Gasteiger partial charge in [-0.05, 0) is 49.2 Å². The van der Waals surface area contributed by atoms with Crippen molar-refractivity contribution in [2.45, 2.75) is 31.7 Å². The normalized spacial score (nSPS) is 14.3. The fourth-order valence-corrected chi connectivity index (χ4v) is 2.30. The summed E-state index contributed by atoms with van der Waals surface area (Å²) in [5.41, 5.74) is 1.32. The van der Waals surface area contributed by atoms with Gasteiger partial charge in [0.25, 0.3) is 0 Å². The Hall–Kier alpha value is -1.61. The van der Waals surface area contributed by atoms with Crippen LogP contribution in [0, 0.1) is 0 Å². The van der Waals surface area contributed by atoms with E-state index in [1.54, 1.807) is 6.26 Å². The second-order valence-corrected chi connectivity index (χ2v) is 4.58. The molecule has 0 saturated carbocycles. The third kappa shape index (κ3) is 3.20. The number of likely N-dealkylation sites (N-methyl/N-ethyl adjacent to an activating group) is 1. The molecule has 0 aliphatic heterocycles. The fourth-order valence-electron chi connectivity index (χ4n) is 2.30. The fraction of sp³-hybridized carbons (Fsp3) is 0.400. The maximum absolute atomic E-state index is 5.38. The standard InChI is InChI=1S/C15H20N2O/c1-12(13-7-9-17-10-8-13)15(16-2)6-5-14-4-3-11-18-14/h3-4,7-12,15-16H,5-6H2,1-2H3. The molecule has 0 radical (unpaired) electrons. The van der Waals surface area contributed by atoms with Crippen molar-refractivity contribution in [2.75, 3.05) is 7.05 Å². The third-order valence-electron chi connectivity index (χ3n) is 3.49. The van der Waals surface area contributed by atoms with E-state index in [2.05, 4.69) is 29.4 Å². The molecule has 2 heterocycles. The molecule has 18 heavy (non-hydrogen) atoms. The van der Waals surface area contributed by atoms with Gasteiger partial charge in [0.2, 0.25) is 0 Å². The molecule has 0 bridgehead atoms. The first-order chi connectivity index (χ1) is 8.81. The average Bonchev–Trinajstić information content (AvgIpc) is 2.93. The molecule has 0 aliphatic carbocycles. The van der Waals surface area contributed by atoms with Gasteiger partial charge in [0.05, 0.1) is 6.26 Å². The number of hydrogen-bond donors (Lipinski definition) is 1. The number of aromatic nitrogens is 1. The monoisotopic (exact) mass is 244 g/mol. The number of furan rings is 1. The Bertz CT molecular complexity index is 439. The van der Waals surface area contributed by atoms with Crippen LogP contribution >= 0.6 is 0 Å². The summed E-state index contributed by atoms with van der Waals surface area (Å²) in [6.07, 6.45) is 7.47. The zero-order chi connectivity index (χ0) is 12.8. The van der Waals surface area contributed by atoms with Gasteiger partial charge in [-0.3, -0.25) is 4.98 Å². The van der Waals surface area contributed by atoms with Gasteiger partial charge >= 0.3 is 0 Å². The Balaban J connectivity index is 1.96. The number of nitrogens with one attached hydrogen (secondary N) is 1. The maximum atomic E-state index is 5.38. The number of nitrogens with zero attached hydrogens (tertiary/aromatic N) is 1. The van der Waals surface area contributed by atoms with Gasteiger partial charge < -0.3 is 9.73 Å². The van der Waals surface area contributed by atoms with Crippen molar-refractivity contribution in [3.05, 3.63) is 54.2 Å². The van der Waals surface area contributed by atoms with Crippen LogP contribution in [-0.2, 0) is 6.42 Å². The lowest BCUT2D eigenvalue weighted by Gasteiger charge is -2.23. The van der Waals surface area contributed by atoms with E-state index in [0.29, 0.717) is 12.0 Å². The molecule has 2 unspecified atom stereocenters. The van der Waals surface area contributed by atoms with Gasteiger partial charge in [-0.15, -0.1) is 0 Å². The SMILES string of the molecule is CNC(CCc1ccco1)C(C)c1ccncc1. The van der Waals surface area contributed by atoms with Gasteiger partial charge in [-0.25, -0.2) is 0 Å². The molecule has 1 N–H and O–H groups in total. The topological polar surface area (TPSA) is 38.1 Å². The molecule has 0 saturated heterocycles. The van der Waals surface area contributed by atoms with Gasteiger partial charge in [0.1, 0.15) is 5.76 Å². The van der Waals surface area contributed by atoms with Crippen molar-refractivity contribution in [1.82, 2.24) is 10.3 Å². The van der Waals surface area contributed by atoms with Crippen LogP contribution in [0.1, 0.15) is 30.6 Å². The number of aryl methyl sites for hydroxylation is 1. The minimum absolute atomic E-state index is 0.442. The van der Waals surface area contributed by atoms with Crippen LogP contribution in [0.25, 0.3) is 0 Å². The highest BCUT2D eigenvalue weighted by Gasteiger charge is 2.17. The summed E-state index contributed by atoms with van der Waals surface area (Å²) in [5.74, 6) is 1.52. The van der Waals surface area contributed by atoms with Gasteiger partial charge in [0, 0.05) is 24.9 Å². The van der Waals surface area contributed by atoms with Crippen molar-refractivity contribution in [2.24, 2.45) is 0 Å². The Morgan fingerprint density at radius 2 is 2.06 bits per heavy atom. The third-order valence-corrected chi connectivity index (χ3v) is 3.49. The largest absolute Gasteiger partial charge is 0.469 e. The van der Waals surface area contributed by atoms with Crippen LogP contribution < -0.4 is 5.32 Å². The lowest BCUT2D eigenvalue weighted by molar-refractivity contribution is 0.426. The van der Waals surface area contributed by atoms with E-state index in [1.165, 1.54) is 5.56 Å². The zero-order valence-electron chi connectivity index (χ0n) is 11.0. The first-order valence-electron chi connectivity index (χ1n) is 6.41. The molecular weight excluding hydrogens is 224 g/mol. The van der Waals surface area contributed by atoms with Crippen LogP contribution in [-0.4, -0.2) is 18.1 Å². The zero-order valence-corrected chi connectivity index (χ0v) is 11.0. The molecule has 2 aromatic heterocycles. The van der Waals surface area contributed by atoms with E-state index in [1.807, 2.05) is 31.6 Å². The molecule has 2 aromatic rings. The summed E-state index contributed by atoms with van der Waals surface area (Å²) in [7, 11) is 2.02. The van der Waals surface area contributed by atoms with Crippen molar-refractivity contribution in [1.29, 1.82) is 0 Å². The summed E-state index contributed by atoms with van der Waals surface area (Å²) in [4.78, 5) is 4.06. The Kier molecular flexibility index (Phi) is 4.53. The average molecular weight is 244 g/mol. The Morgan fingerprint density at radius 3 is 2.67 bits per heavy atom. The molecule has 0 fully saturated rings. The summed E-state index contributed by atoms with van der Waals surface area (Å²) < 4.78 is 5.38. The molecule has 2 rings (SSSR count). The second kappa shape index (κ2) is 6.36. The summed E-state index contributed by atoms with van der Waals surface area (Å²) in [5, 5.41) is 3.40. The van der Waals surface area contributed by atoms with Crippen LogP contribution in [0.3, 0.4) is 0 Å². The quantitative estimate of drug-likeness (QED) is 0.849. The Labute approximate surface area is 108 Å². The van der Waals surface area contributed by atoms with Crippen LogP contribution in [0.2, 0.25) is 0 Å². The number of rotatable bonds is 6. The van der Waals surface area contributed by atoms with Crippen molar-refractivity contribution < 1.29 is 4.42 Å². The molecular formula is C15H20N2O. The number of hydrogen-bond acceptors (Lipinski definition) is 3. The maximum Gasteiger partial charge on any atom is 0.103 e. The predicted molar refractivity (Wildman–Crippen MR) is 72.5 cm³/mol. The van der Waals surface area contributed by atoms with E-state index in [0.717, 1.165) is 18.6 Å². The first kappa shape index (κ1) is 12.8. The van der Waals surface area contributed by atoms with Gasteiger partial charge in [-0.1, -0.05) is 6.92 Å². The molecule has 0 aromatic carbocycles. The van der Waals surface area contributed by atoms with E-state index < -0.39 is 0 Å². The van der Waals surface area contributed by atoms with Gasteiger partial charge in [0.15, 0.2) is 0 Å². The van der Waals surface area contributed by atoms with E-state index in [-0.39, 0.29) is 0 Å². The van der Waals surface area contributed by atoms with Crippen LogP contribution in [0.5, 0.6) is 0 Å². The highest BCUT2D eigenvalue weighted by Crippen LogP contribution is 2.21. The lowest BCUT2D eigenvalue weighted by Crippen LogP contribution is -2.31. The molecule has 3 heteroatoms.